The van der Waals surface area contributed by atoms with E-state index in [1.807, 2.05) is 29.2 Å². The summed E-state index contributed by atoms with van der Waals surface area (Å²) in [6.45, 7) is 5.43. The summed E-state index contributed by atoms with van der Waals surface area (Å²) in [7, 11) is 0. The van der Waals surface area contributed by atoms with Gasteiger partial charge in [0.1, 0.15) is 5.75 Å². The second-order valence-electron chi connectivity index (χ2n) is 8.82. The van der Waals surface area contributed by atoms with Gasteiger partial charge in [0.25, 0.3) is 0 Å². The molecule has 1 unspecified atom stereocenters. The normalized spacial score (nSPS) is 19.9. The Morgan fingerprint density at radius 3 is 2.45 bits per heavy atom. The van der Waals surface area contributed by atoms with E-state index in [9.17, 15) is 9.59 Å². The van der Waals surface area contributed by atoms with Gasteiger partial charge in [-0.2, -0.15) is 0 Å². The zero-order valence-electron chi connectivity index (χ0n) is 18.3. The minimum Gasteiger partial charge on any atom is -0.481 e. The van der Waals surface area contributed by atoms with E-state index in [0.29, 0.717) is 18.9 Å². The molecule has 2 aliphatic heterocycles. The van der Waals surface area contributed by atoms with Gasteiger partial charge in [0.2, 0.25) is 5.91 Å². The van der Waals surface area contributed by atoms with Crippen molar-refractivity contribution >= 4 is 11.7 Å². The molecule has 0 spiro atoms. The maximum Gasteiger partial charge on any atom is 0.219 e. The number of ether oxygens (including phenoxy) is 1. The van der Waals surface area contributed by atoms with Gasteiger partial charge in [-0.05, 0) is 36.8 Å². The molecule has 2 aliphatic rings. The SMILES string of the molecule is CC(=O)N1CCC(CCC(=O)C2CN(Cc3ccccc3)Cc3ccccc3O2)CC1. The molecule has 5 nitrogen and oxygen atoms in total. The number of carbonyl (C=O) groups is 2. The van der Waals surface area contributed by atoms with Crippen molar-refractivity contribution in [3.63, 3.8) is 0 Å². The number of fused-ring (bicyclic) bond motifs is 1. The highest BCUT2D eigenvalue weighted by molar-refractivity contribution is 5.83. The molecule has 2 aromatic rings. The molecule has 0 aromatic heterocycles. The highest BCUT2D eigenvalue weighted by atomic mass is 16.5. The number of para-hydroxylation sites is 1. The van der Waals surface area contributed by atoms with Crippen molar-refractivity contribution in [2.75, 3.05) is 19.6 Å². The molecule has 2 heterocycles. The van der Waals surface area contributed by atoms with Gasteiger partial charge in [-0.1, -0.05) is 48.5 Å². The van der Waals surface area contributed by atoms with Gasteiger partial charge >= 0.3 is 0 Å². The Balaban J connectivity index is 1.39. The van der Waals surface area contributed by atoms with Crippen LogP contribution in [0.5, 0.6) is 5.75 Å². The van der Waals surface area contributed by atoms with Crippen molar-refractivity contribution in [3.05, 3.63) is 65.7 Å². The number of amides is 1. The molecule has 1 atom stereocenters. The molecule has 2 aromatic carbocycles. The minimum absolute atomic E-state index is 0.151. The number of hydrogen-bond donors (Lipinski definition) is 0. The van der Waals surface area contributed by atoms with E-state index in [4.69, 9.17) is 4.74 Å². The van der Waals surface area contributed by atoms with E-state index in [1.165, 1.54) is 5.56 Å². The molecule has 1 saturated heterocycles. The van der Waals surface area contributed by atoms with Crippen LogP contribution in [0.1, 0.15) is 43.7 Å². The first kappa shape index (κ1) is 21.6. The van der Waals surface area contributed by atoms with Gasteiger partial charge in [-0.25, -0.2) is 0 Å². The summed E-state index contributed by atoms with van der Waals surface area (Å²) >= 11 is 0. The van der Waals surface area contributed by atoms with Crippen molar-refractivity contribution in [2.24, 2.45) is 5.92 Å². The maximum atomic E-state index is 13.2. The summed E-state index contributed by atoms with van der Waals surface area (Å²) in [6.07, 6.45) is 2.95. The standard InChI is InChI=1S/C26H32N2O3/c1-20(29)28-15-13-21(14-16-28)11-12-24(30)26-19-27(17-22-7-3-2-4-8-22)18-23-9-5-6-10-25(23)31-26/h2-10,21,26H,11-19H2,1H3. The van der Waals surface area contributed by atoms with E-state index < -0.39 is 6.10 Å². The summed E-state index contributed by atoms with van der Waals surface area (Å²) in [5.41, 5.74) is 2.37. The van der Waals surface area contributed by atoms with Crippen LogP contribution in [0.15, 0.2) is 54.6 Å². The third-order valence-electron chi connectivity index (χ3n) is 6.53. The molecule has 0 aliphatic carbocycles. The number of likely N-dealkylation sites (tertiary alicyclic amines) is 1. The number of benzene rings is 2. The average molecular weight is 421 g/mol. The number of Topliss-reactive ketones (excluding diaryl/α,β-unsaturated/α-hetero) is 1. The van der Waals surface area contributed by atoms with Gasteiger partial charge in [0.15, 0.2) is 11.9 Å². The van der Waals surface area contributed by atoms with Gasteiger partial charge in [-0.15, -0.1) is 0 Å². The predicted octanol–water partition coefficient (Wildman–Crippen LogP) is 4.06. The van der Waals surface area contributed by atoms with Gasteiger partial charge in [0.05, 0.1) is 0 Å². The fraction of sp³-hybridized carbons (Fsp3) is 0.462. The molecular weight excluding hydrogens is 388 g/mol. The van der Waals surface area contributed by atoms with Crippen molar-refractivity contribution in [2.45, 2.75) is 51.8 Å². The van der Waals surface area contributed by atoms with E-state index >= 15 is 0 Å². The highest BCUT2D eigenvalue weighted by Crippen LogP contribution is 2.28. The summed E-state index contributed by atoms with van der Waals surface area (Å²) in [6, 6.07) is 18.4. The number of piperidine rings is 1. The number of rotatable bonds is 6. The van der Waals surface area contributed by atoms with Crippen molar-refractivity contribution in [1.82, 2.24) is 9.80 Å². The third kappa shape index (κ3) is 5.73. The summed E-state index contributed by atoms with van der Waals surface area (Å²) in [5, 5.41) is 0. The van der Waals surface area contributed by atoms with Crippen molar-refractivity contribution in [1.29, 1.82) is 0 Å². The van der Waals surface area contributed by atoms with Crippen LogP contribution in [0.3, 0.4) is 0 Å². The largest absolute Gasteiger partial charge is 0.481 e. The topological polar surface area (TPSA) is 49.9 Å². The van der Waals surface area contributed by atoms with Crippen LogP contribution in [-0.2, 0) is 22.7 Å². The molecule has 1 amide bonds. The van der Waals surface area contributed by atoms with Gasteiger partial charge in [0, 0.05) is 51.6 Å². The molecule has 31 heavy (non-hydrogen) atoms. The molecule has 5 heteroatoms. The van der Waals surface area contributed by atoms with E-state index in [0.717, 1.165) is 56.8 Å². The molecular formula is C26H32N2O3. The Morgan fingerprint density at radius 1 is 1.00 bits per heavy atom. The average Bonchev–Trinajstić information content (AvgIpc) is 2.97. The summed E-state index contributed by atoms with van der Waals surface area (Å²) in [5.74, 6) is 1.67. The smallest absolute Gasteiger partial charge is 0.219 e. The minimum atomic E-state index is -0.440. The fourth-order valence-electron chi connectivity index (χ4n) is 4.65. The van der Waals surface area contributed by atoms with Gasteiger partial charge in [-0.3, -0.25) is 14.5 Å². The zero-order chi connectivity index (χ0) is 21.6. The van der Waals surface area contributed by atoms with Crippen LogP contribution >= 0.6 is 0 Å². The second-order valence-corrected chi connectivity index (χ2v) is 8.82. The highest BCUT2D eigenvalue weighted by Gasteiger charge is 2.29. The van der Waals surface area contributed by atoms with Gasteiger partial charge < -0.3 is 9.64 Å². The van der Waals surface area contributed by atoms with Crippen LogP contribution in [0.4, 0.5) is 0 Å². The fourth-order valence-corrected chi connectivity index (χ4v) is 4.65. The lowest BCUT2D eigenvalue weighted by Gasteiger charge is -2.31. The van der Waals surface area contributed by atoms with Crippen LogP contribution in [-0.4, -0.2) is 47.2 Å². The Morgan fingerprint density at radius 2 is 1.71 bits per heavy atom. The first-order chi connectivity index (χ1) is 15.1. The lowest BCUT2D eigenvalue weighted by molar-refractivity contribution is -0.131. The first-order valence-electron chi connectivity index (χ1n) is 11.4. The monoisotopic (exact) mass is 420 g/mol. The molecule has 164 valence electrons. The number of nitrogens with zero attached hydrogens (tertiary/aromatic N) is 2. The quantitative estimate of drug-likeness (QED) is 0.707. The Bertz CT molecular complexity index is 891. The van der Waals surface area contributed by atoms with Crippen molar-refractivity contribution in [3.8, 4) is 5.75 Å². The van der Waals surface area contributed by atoms with Crippen LogP contribution in [0.25, 0.3) is 0 Å². The molecule has 0 radical (unpaired) electrons. The van der Waals surface area contributed by atoms with Crippen molar-refractivity contribution < 1.29 is 14.3 Å². The predicted molar refractivity (Wildman–Crippen MR) is 121 cm³/mol. The first-order valence-corrected chi connectivity index (χ1v) is 11.4. The molecule has 0 bridgehead atoms. The zero-order valence-corrected chi connectivity index (χ0v) is 18.3. The van der Waals surface area contributed by atoms with E-state index in [2.05, 4.69) is 35.2 Å². The number of hydrogen-bond acceptors (Lipinski definition) is 4. The molecule has 1 fully saturated rings. The number of carbonyl (C=O) groups excluding carboxylic acids is 2. The lowest BCUT2D eigenvalue weighted by atomic mass is 9.90. The Hall–Kier alpha value is -2.66. The summed E-state index contributed by atoms with van der Waals surface area (Å²) < 4.78 is 6.23. The maximum absolute atomic E-state index is 13.2. The third-order valence-corrected chi connectivity index (χ3v) is 6.53. The Labute approximate surface area is 185 Å². The van der Waals surface area contributed by atoms with Crippen LogP contribution in [0.2, 0.25) is 0 Å². The Kier molecular flexibility index (Phi) is 7.03. The van der Waals surface area contributed by atoms with E-state index in [1.54, 1.807) is 6.92 Å². The lowest BCUT2D eigenvalue weighted by Crippen LogP contribution is -2.39. The molecule has 0 saturated carbocycles. The summed E-state index contributed by atoms with van der Waals surface area (Å²) in [4.78, 5) is 28.9. The van der Waals surface area contributed by atoms with Crippen LogP contribution in [0, 0.1) is 5.92 Å². The molecule has 0 N–H and O–H groups in total. The van der Waals surface area contributed by atoms with Crippen LogP contribution < -0.4 is 4.74 Å². The second kappa shape index (κ2) is 10.1. The molecule has 4 rings (SSSR count). The van der Waals surface area contributed by atoms with E-state index in [-0.39, 0.29) is 11.7 Å². The number of ketones is 1.